The lowest BCUT2D eigenvalue weighted by molar-refractivity contribution is 0.0937. The average Bonchev–Trinajstić information content (AvgIpc) is 2.85. The topological polar surface area (TPSA) is 46.4 Å². The summed E-state index contributed by atoms with van der Waals surface area (Å²) in [6.45, 7) is 2.74. The fourth-order valence-electron chi connectivity index (χ4n) is 3.04. The molecule has 20 heavy (non-hydrogen) atoms. The summed E-state index contributed by atoms with van der Waals surface area (Å²) in [6, 6.07) is 5.66. The van der Waals surface area contributed by atoms with Crippen LogP contribution in [-0.2, 0) is 0 Å². The molecule has 1 N–H and O–H groups in total. The van der Waals surface area contributed by atoms with Gasteiger partial charge in [0.15, 0.2) is 0 Å². The van der Waals surface area contributed by atoms with E-state index >= 15 is 0 Å². The highest BCUT2D eigenvalue weighted by molar-refractivity contribution is 5.93. The molecule has 0 aliphatic heterocycles. The van der Waals surface area contributed by atoms with E-state index in [4.69, 9.17) is 0 Å². The minimum atomic E-state index is -0.00132. The standard InChI is InChI=1S/C16H21N3O/c1-12-11-19-14(8-5-9-15(19)18-12)16(20)17-10-13-6-3-2-4-7-13/h5,8-9,11,13H,2-4,6-7,10H2,1H3,(H,17,20). The third-order valence-corrected chi connectivity index (χ3v) is 4.12. The first-order valence-corrected chi connectivity index (χ1v) is 7.47. The number of carbonyl (C=O) groups is 1. The Balaban J connectivity index is 1.71. The Morgan fingerprint density at radius 3 is 2.95 bits per heavy atom. The number of aromatic nitrogens is 2. The molecule has 2 heterocycles. The van der Waals surface area contributed by atoms with Crippen molar-refractivity contribution in [3.05, 3.63) is 35.8 Å². The quantitative estimate of drug-likeness (QED) is 0.933. The molecule has 1 aliphatic carbocycles. The van der Waals surface area contributed by atoms with Gasteiger partial charge >= 0.3 is 0 Å². The Bertz CT molecular complexity index is 611. The van der Waals surface area contributed by atoms with E-state index in [1.807, 2.05) is 35.7 Å². The van der Waals surface area contributed by atoms with Gasteiger partial charge in [0.05, 0.1) is 5.69 Å². The smallest absolute Gasteiger partial charge is 0.268 e. The zero-order chi connectivity index (χ0) is 13.9. The highest BCUT2D eigenvalue weighted by Crippen LogP contribution is 2.22. The van der Waals surface area contributed by atoms with Gasteiger partial charge in [-0.25, -0.2) is 4.98 Å². The Labute approximate surface area is 119 Å². The molecule has 0 bridgehead atoms. The van der Waals surface area contributed by atoms with Crippen molar-refractivity contribution in [2.24, 2.45) is 5.92 Å². The number of carbonyl (C=O) groups excluding carboxylic acids is 1. The molecule has 4 heteroatoms. The van der Waals surface area contributed by atoms with Crippen molar-refractivity contribution in [1.82, 2.24) is 14.7 Å². The van der Waals surface area contributed by atoms with Crippen LogP contribution in [0.3, 0.4) is 0 Å². The monoisotopic (exact) mass is 271 g/mol. The van der Waals surface area contributed by atoms with Crippen LogP contribution in [0.1, 0.15) is 48.3 Å². The zero-order valence-electron chi connectivity index (χ0n) is 11.9. The molecule has 0 atom stereocenters. The lowest BCUT2D eigenvalue weighted by atomic mass is 9.89. The first-order chi connectivity index (χ1) is 9.74. The Morgan fingerprint density at radius 1 is 1.35 bits per heavy atom. The maximum atomic E-state index is 12.4. The summed E-state index contributed by atoms with van der Waals surface area (Å²) in [5.41, 5.74) is 2.42. The average molecular weight is 271 g/mol. The van der Waals surface area contributed by atoms with Crippen LogP contribution >= 0.6 is 0 Å². The summed E-state index contributed by atoms with van der Waals surface area (Å²) < 4.78 is 1.87. The number of fused-ring (bicyclic) bond motifs is 1. The normalized spacial score (nSPS) is 16.4. The minimum absolute atomic E-state index is 0.00132. The number of rotatable bonds is 3. The van der Waals surface area contributed by atoms with Gasteiger partial charge in [-0.05, 0) is 37.8 Å². The molecule has 1 amide bonds. The van der Waals surface area contributed by atoms with E-state index in [1.54, 1.807) is 0 Å². The summed E-state index contributed by atoms with van der Waals surface area (Å²) in [4.78, 5) is 16.7. The van der Waals surface area contributed by atoms with E-state index in [-0.39, 0.29) is 5.91 Å². The van der Waals surface area contributed by atoms with E-state index in [0.29, 0.717) is 11.6 Å². The van der Waals surface area contributed by atoms with Gasteiger partial charge in [0.1, 0.15) is 11.3 Å². The molecule has 0 saturated heterocycles. The summed E-state index contributed by atoms with van der Waals surface area (Å²) >= 11 is 0. The molecular formula is C16H21N3O. The maximum absolute atomic E-state index is 12.4. The predicted octanol–water partition coefficient (Wildman–Crippen LogP) is 2.95. The van der Waals surface area contributed by atoms with Gasteiger partial charge in [-0.15, -0.1) is 0 Å². The van der Waals surface area contributed by atoms with Crippen LogP contribution < -0.4 is 5.32 Å². The van der Waals surface area contributed by atoms with Crippen LogP contribution in [0, 0.1) is 12.8 Å². The van der Waals surface area contributed by atoms with Crippen molar-refractivity contribution in [1.29, 1.82) is 0 Å². The second kappa shape index (κ2) is 5.65. The van der Waals surface area contributed by atoms with Crippen molar-refractivity contribution >= 4 is 11.6 Å². The maximum Gasteiger partial charge on any atom is 0.268 e. The predicted molar refractivity (Wildman–Crippen MR) is 78.8 cm³/mol. The molecule has 1 fully saturated rings. The van der Waals surface area contributed by atoms with E-state index in [2.05, 4.69) is 10.3 Å². The molecule has 3 rings (SSSR count). The van der Waals surface area contributed by atoms with Crippen LogP contribution in [0.2, 0.25) is 0 Å². The van der Waals surface area contributed by atoms with Crippen molar-refractivity contribution in [3.63, 3.8) is 0 Å². The number of pyridine rings is 1. The number of amides is 1. The highest BCUT2D eigenvalue weighted by Gasteiger charge is 2.16. The van der Waals surface area contributed by atoms with Crippen LogP contribution in [0.15, 0.2) is 24.4 Å². The second-order valence-electron chi connectivity index (χ2n) is 5.74. The van der Waals surface area contributed by atoms with Gasteiger partial charge in [0.25, 0.3) is 5.91 Å². The summed E-state index contributed by atoms with van der Waals surface area (Å²) in [6.07, 6.45) is 8.35. The highest BCUT2D eigenvalue weighted by atomic mass is 16.1. The number of hydrogen-bond donors (Lipinski definition) is 1. The van der Waals surface area contributed by atoms with Crippen molar-refractivity contribution < 1.29 is 4.79 Å². The Hall–Kier alpha value is -1.84. The molecule has 2 aromatic rings. The van der Waals surface area contributed by atoms with E-state index < -0.39 is 0 Å². The summed E-state index contributed by atoms with van der Waals surface area (Å²) in [5, 5.41) is 3.08. The number of hydrogen-bond acceptors (Lipinski definition) is 2. The number of aryl methyl sites for hydroxylation is 1. The van der Waals surface area contributed by atoms with E-state index in [9.17, 15) is 4.79 Å². The molecule has 106 valence electrons. The molecule has 0 spiro atoms. The van der Waals surface area contributed by atoms with Gasteiger partial charge in [-0.3, -0.25) is 9.20 Å². The van der Waals surface area contributed by atoms with Crippen molar-refractivity contribution in [3.8, 4) is 0 Å². The molecule has 0 radical (unpaired) electrons. The minimum Gasteiger partial charge on any atom is -0.350 e. The van der Waals surface area contributed by atoms with Crippen LogP contribution in [0.5, 0.6) is 0 Å². The van der Waals surface area contributed by atoms with Gasteiger partial charge in [0, 0.05) is 12.7 Å². The Morgan fingerprint density at radius 2 is 2.15 bits per heavy atom. The molecule has 2 aromatic heterocycles. The van der Waals surface area contributed by atoms with Crippen molar-refractivity contribution in [2.45, 2.75) is 39.0 Å². The van der Waals surface area contributed by atoms with E-state index in [1.165, 1.54) is 32.1 Å². The zero-order valence-corrected chi connectivity index (χ0v) is 11.9. The molecule has 0 aromatic carbocycles. The first kappa shape index (κ1) is 13.2. The second-order valence-corrected chi connectivity index (χ2v) is 5.74. The largest absolute Gasteiger partial charge is 0.350 e. The van der Waals surface area contributed by atoms with Gasteiger partial charge in [-0.1, -0.05) is 25.3 Å². The number of nitrogens with one attached hydrogen (secondary N) is 1. The number of nitrogens with zero attached hydrogens (tertiary/aromatic N) is 2. The van der Waals surface area contributed by atoms with Crippen LogP contribution in [0.4, 0.5) is 0 Å². The fourth-order valence-corrected chi connectivity index (χ4v) is 3.04. The summed E-state index contributed by atoms with van der Waals surface area (Å²) in [5.74, 6) is 0.648. The van der Waals surface area contributed by atoms with Crippen LogP contribution in [0.25, 0.3) is 5.65 Å². The Kier molecular flexibility index (Phi) is 3.72. The fraction of sp³-hybridized carbons (Fsp3) is 0.500. The third-order valence-electron chi connectivity index (χ3n) is 4.12. The molecular weight excluding hydrogens is 250 g/mol. The summed E-state index contributed by atoms with van der Waals surface area (Å²) in [7, 11) is 0. The third kappa shape index (κ3) is 2.69. The van der Waals surface area contributed by atoms with Crippen molar-refractivity contribution in [2.75, 3.05) is 6.54 Å². The van der Waals surface area contributed by atoms with Gasteiger partial charge in [0.2, 0.25) is 0 Å². The van der Waals surface area contributed by atoms with Gasteiger partial charge < -0.3 is 5.32 Å². The van der Waals surface area contributed by atoms with Gasteiger partial charge in [-0.2, -0.15) is 0 Å². The van der Waals surface area contributed by atoms with E-state index in [0.717, 1.165) is 17.9 Å². The molecule has 4 nitrogen and oxygen atoms in total. The lowest BCUT2D eigenvalue weighted by Gasteiger charge is -2.21. The van der Waals surface area contributed by atoms with Crippen LogP contribution in [-0.4, -0.2) is 21.8 Å². The first-order valence-electron chi connectivity index (χ1n) is 7.47. The molecule has 1 saturated carbocycles. The SMILES string of the molecule is Cc1cn2c(C(=O)NCC3CCCCC3)cccc2n1. The molecule has 1 aliphatic rings. The lowest BCUT2D eigenvalue weighted by Crippen LogP contribution is -2.31. The number of imidazole rings is 1. The molecule has 0 unspecified atom stereocenters.